The summed E-state index contributed by atoms with van der Waals surface area (Å²) < 4.78 is 5.31. The van der Waals surface area contributed by atoms with E-state index in [9.17, 15) is 20.1 Å². The highest BCUT2D eigenvalue weighted by molar-refractivity contribution is 5.82. The molecule has 0 spiro atoms. The van der Waals surface area contributed by atoms with Crippen LogP contribution in [-0.2, 0) is 9.53 Å². The molecule has 5 N–H and O–H groups in total. The van der Waals surface area contributed by atoms with Crippen molar-refractivity contribution in [2.45, 2.75) is 43.0 Å². The molecule has 1 amide bonds. The molecule has 16 heavy (non-hydrogen) atoms. The Morgan fingerprint density at radius 2 is 2.00 bits per heavy atom. The molecular formula is C9H15NO6. The van der Waals surface area contributed by atoms with Crippen LogP contribution in [0.2, 0.25) is 0 Å². The zero-order valence-corrected chi connectivity index (χ0v) is 8.48. The molecule has 6 atom stereocenters. The zero-order valence-electron chi connectivity index (χ0n) is 8.48. The van der Waals surface area contributed by atoms with Crippen molar-refractivity contribution in [3.8, 4) is 0 Å². The number of piperidine rings is 1. The average Bonchev–Trinajstić information content (AvgIpc) is 2.26. The molecule has 0 saturated carbocycles. The van der Waals surface area contributed by atoms with Crippen molar-refractivity contribution < 1.29 is 30.0 Å². The van der Waals surface area contributed by atoms with Gasteiger partial charge in [-0.2, -0.15) is 0 Å². The first-order chi connectivity index (χ1) is 7.54. The van der Waals surface area contributed by atoms with E-state index in [1.807, 2.05) is 0 Å². The van der Waals surface area contributed by atoms with Crippen LogP contribution in [0.25, 0.3) is 0 Å². The van der Waals surface area contributed by atoms with Gasteiger partial charge in [0.05, 0.1) is 18.8 Å². The quantitative estimate of drug-likeness (QED) is 0.324. The minimum atomic E-state index is -1.25. The van der Waals surface area contributed by atoms with E-state index in [2.05, 4.69) is 5.32 Å². The van der Waals surface area contributed by atoms with Crippen LogP contribution in [0.15, 0.2) is 0 Å². The van der Waals surface area contributed by atoms with Gasteiger partial charge >= 0.3 is 0 Å². The van der Waals surface area contributed by atoms with Crippen LogP contribution in [0.4, 0.5) is 0 Å². The number of nitrogens with one attached hydrogen (secondary N) is 1. The Hall–Kier alpha value is -0.730. The summed E-state index contributed by atoms with van der Waals surface area (Å²) in [6, 6.07) is -0.742. The van der Waals surface area contributed by atoms with Crippen molar-refractivity contribution in [3.05, 3.63) is 0 Å². The number of carbonyl (C=O) groups excluding carboxylic acids is 1. The third kappa shape index (κ3) is 1.80. The minimum absolute atomic E-state index is 0.0524. The first kappa shape index (κ1) is 11.7. The zero-order chi connectivity index (χ0) is 11.9. The van der Waals surface area contributed by atoms with Crippen LogP contribution in [0, 0.1) is 0 Å². The largest absolute Gasteiger partial charge is 0.394 e. The number of ether oxygens (including phenoxy) is 1. The maximum atomic E-state index is 11.2. The summed E-state index contributed by atoms with van der Waals surface area (Å²) in [6.45, 7) is -0.425. The Labute approximate surface area is 91.6 Å². The van der Waals surface area contributed by atoms with Gasteiger partial charge in [0.15, 0.2) is 0 Å². The number of hydrogen-bond donors (Lipinski definition) is 5. The summed E-state index contributed by atoms with van der Waals surface area (Å²) in [5, 5.41) is 40.0. The summed E-state index contributed by atoms with van der Waals surface area (Å²) >= 11 is 0. The van der Waals surface area contributed by atoms with Crippen LogP contribution >= 0.6 is 0 Å². The summed E-state index contributed by atoms with van der Waals surface area (Å²) in [5.41, 5.74) is 0. The lowest BCUT2D eigenvalue weighted by Gasteiger charge is -2.45. The molecule has 2 aliphatic rings. The predicted molar refractivity (Wildman–Crippen MR) is 50.3 cm³/mol. The van der Waals surface area contributed by atoms with Crippen molar-refractivity contribution in [1.29, 1.82) is 0 Å². The standard InChI is InChI=1S/C9H15NO6/c11-2-5-7(13)8(14)6-4(16-5)1-3(12)9(15)10-6/h3-8,11-14H,1-2H2,(H,10,15)/t3-,4-,5+,6-,7-,8+/m0/s1. The van der Waals surface area contributed by atoms with E-state index in [0.29, 0.717) is 0 Å². The SMILES string of the molecule is O=C1N[C@@H]2[C@@H](O)[C@@H](O)[C@@H](CO)O[C@H]2C[C@@H]1O. The second-order valence-corrected chi connectivity index (χ2v) is 4.16. The fourth-order valence-electron chi connectivity index (χ4n) is 2.16. The molecular weight excluding hydrogens is 218 g/mol. The van der Waals surface area contributed by atoms with Gasteiger partial charge in [-0.25, -0.2) is 0 Å². The molecule has 0 unspecified atom stereocenters. The highest BCUT2D eigenvalue weighted by Crippen LogP contribution is 2.26. The smallest absolute Gasteiger partial charge is 0.249 e. The molecule has 2 saturated heterocycles. The fraction of sp³-hybridized carbons (Fsp3) is 0.889. The minimum Gasteiger partial charge on any atom is -0.394 e. The number of aliphatic hydroxyl groups excluding tert-OH is 4. The van der Waals surface area contributed by atoms with Crippen LogP contribution < -0.4 is 5.32 Å². The first-order valence-corrected chi connectivity index (χ1v) is 5.15. The molecule has 7 heteroatoms. The monoisotopic (exact) mass is 233 g/mol. The lowest BCUT2D eigenvalue weighted by Crippen LogP contribution is -2.68. The van der Waals surface area contributed by atoms with E-state index in [0.717, 1.165) is 0 Å². The number of rotatable bonds is 1. The van der Waals surface area contributed by atoms with Crippen LogP contribution in [-0.4, -0.2) is 69.5 Å². The average molecular weight is 233 g/mol. The van der Waals surface area contributed by atoms with Gasteiger partial charge in [0.1, 0.15) is 24.4 Å². The summed E-state index contributed by atoms with van der Waals surface area (Å²) in [4.78, 5) is 11.2. The molecule has 2 rings (SSSR count). The van der Waals surface area contributed by atoms with Gasteiger partial charge in [0.25, 0.3) is 0 Å². The van der Waals surface area contributed by atoms with E-state index >= 15 is 0 Å². The molecule has 7 nitrogen and oxygen atoms in total. The second-order valence-electron chi connectivity index (χ2n) is 4.16. The summed E-state index contributed by atoms with van der Waals surface area (Å²) in [6.07, 6.45) is -5.06. The lowest BCUT2D eigenvalue weighted by molar-refractivity contribution is -0.209. The third-order valence-electron chi connectivity index (χ3n) is 3.10. The molecule has 2 heterocycles. The molecule has 92 valence electrons. The van der Waals surface area contributed by atoms with Gasteiger partial charge in [-0.05, 0) is 0 Å². The van der Waals surface area contributed by atoms with Gasteiger partial charge < -0.3 is 30.5 Å². The third-order valence-corrected chi connectivity index (χ3v) is 3.10. The lowest BCUT2D eigenvalue weighted by atomic mass is 9.87. The van der Waals surface area contributed by atoms with Gasteiger partial charge in [-0.3, -0.25) is 4.79 Å². The highest BCUT2D eigenvalue weighted by Gasteiger charge is 2.48. The Kier molecular flexibility index (Phi) is 3.13. The topological polar surface area (TPSA) is 119 Å². The Morgan fingerprint density at radius 3 is 2.62 bits per heavy atom. The normalized spacial score (nSPS) is 48.4. The van der Waals surface area contributed by atoms with Crippen molar-refractivity contribution >= 4 is 5.91 Å². The first-order valence-electron chi connectivity index (χ1n) is 5.15. The van der Waals surface area contributed by atoms with Gasteiger partial charge in [-0.1, -0.05) is 0 Å². The Morgan fingerprint density at radius 1 is 1.31 bits per heavy atom. The molecule has 2 fully saturated rings. The molecule has 0 radical (unpaired) electrons. The molecule has 0 bridgehead atoms. The molecule has 0 aromatic rings. The summed E-state index contributed by atoms with van der Waals surface area (Å²) in [7, 11) is 0. The maximum Gasteiger partial charge on any atom is 0.249 e. The van der Waals surface area contributed by atoms with E-state index < -0.39 is 49.1 Å². The predicted octanol–water partition coefficient (Wildman–Crippen LogP) is -3.28. The van der Waals surface area contributed by atoms with E-state index in [4.69, 9.17) is 9.84 Å². The van der Waals surface area contributed by atoms with Crippen molar-refractivity contribution in [1.82, 2.24) is 5.32 Å². The van der Waals surface area contributed by atoms with Crippen LogP contribution in [0.1, 0.15) is 6.42 Å². The van der Waals surface area contributed by atoms with E-state index in [1.165, 1.54) is 0 Å². The molecule has 0 aromatic heterocycles. The Bertz CT molecular complexity index is 285. The van der Waals surface area contributed by atoms with Crippen molar-refractivity contribution in [2.75, 3.05) is 6.61 Å². The molecule has 0 aliphatic carbocycles. The highest BCUT2D eigenvalue weighted by atomic mass is 16.5. The maximum absolute atomic E-state index is 11.2. The van der Waals surface area contributed by atoms with E-state index in [1.54, 1.807) is 0 Å². The number of aliphatic hydroxyl groups is 4. The van der Waals surface area contributed by atoms with Crippen molar-refractivity contribution in [3.63, 3.8) is 0 Å². The molecule has 0 aromatic carbocycles. The Balaban J connectivity index is 2.13. The number of fused-ring (bicyclic) bond motifs is 1. The number of hydrogen-bond acceptors (Lipinski definition) is 6. The number of carbonyl (C=O) groups is 1. The van der Waals surface area contributed by atoms with Gasteiger partial charge in [0, 0.05) is 6.42 Å². The van der Waals surface area contributed by atoms with Gasteiger partial charge in [0.2, 0.25) is 5.91 Å². The van der Waals surface area contributed by atoms with Crippen LogP contribution in [0.3, 0.4) is 0 Å². The fourth-order valence-corrected chi connectivity index (χ4v) is 2.16. The molecule has 2 aliphatic heterocycles. The summed E-state index contributed by atoms with van der Waals surface area (Å²) in [5.74, 6) is -0.585. The number of amides is 1. The van der Waals surface area contributed by atoms with Gasteiger partial charge in [-0.15, -0.1) is 0 Å². The van der Waals surface area contributed by atoms with E-state index in [-0.39, 0.29) is 6.42 Å². The van der Waals surface area contributed by atoms with Crippen LogP contribution in [0.5, 0.6) is 0 Å². The van der Waals surface area contributed by atoms with Crippen molar-refractivity contribution in [2.24, 2.45) is 0 Å². The second kappa shape index (κ2) is 4.27.